The second kappa shape index (κ2) is 5.12. The molecule has 0 amide bonds. The number of rotatable bonds is 4. The number of thioether (sulfide) groups is 1. The average Bonchev–Trinajstić information content (AvgIpc) is 1.63. The summed E-state index contributed by atoms with van der Waals surface area (Å²) in [5.41, 5.74) is 0. The molecular weight excluding hydrogens is 132 g/mol. The fourth-order valence-electron chi connectivity index (χ4n) is 0.859. The molecule has 1 N–H and O–H groups in total. The van der Waals surface area contributed by atoms with Crippen LogP contribution in [0.15, 0.2) is 0 Å². The largest absolute Gasteiger partial charge is 0.386 e. The first-order valence-corrected chi connectivity index (χ1v) is 4.44. The third kappa shape index (κ3) is 6.19. The molecule has 0 heterocycles. The van der Waals surface area contributed by atoms with Crippen LogP contribution in [0.25, 0.3) is 0 Å². The minimum absolute atomic E-state index is 0.258. The van der Waals surface area contributed by atoms with Crippen molar-refractivity contribution >= 4 is 11.8 Å². The standard InChI is InChI=1S/C7H16OS/c1-6(2)4-7(3)9-5-8/h6-8H,4-5H2,1-3H3. The normalized spacial score (nSPS) is 14.3. The predicted octanol–water partition coefficient (Wildman–Crippen LogP) is 2.10. The Bertz CT molecular complexity index is 63.9. The topological polar surface area (TPSA) is 20.2 Å². The third-order valence-corrected chi connectivity index (χ3v) is 2.07. The summed E-state index contributed by atoms with van der Waals surface area (Å²) in [5, 5.41) is 9.12. The molecule has 0 aliphatic rings. The SMILES string of the molecule is CC(C)CC(C)SCO. The van der Waals surface area contributed by atoms with Crippen molar-refractivity contribution in [2.24, 2.45) is 5.92 Å². The molecule has 0 aromatic carbocycles. The Morgan fingerprint density at radius 2 is 1.89 bits per heavy atom. The zero-order valence-corrected chi connectivity index (χ0v) is 7.24. The van der Waals surface area contributed by atoms with Gasteiger partial charge in [-0.05, 0) is 12.3 Å². The first-order chi connectivity index (χ1) is 4.16. The first-order valence-electron chi connectivity index (χ1n) is 3.39. The van der Waals surface area contributed by atoms with Gasteiger partial charge in [0.15, 0.2) is 0 Å². The fraction of sp³-hybridized carbons (Fsp3) is 1.00. The molecule has 0 aromatic heterocycles. The van der Waals surface area contributed by atoms with E-state index in [0.29, 0.717) is 5.25 Å². The molecular formula is C7H16OS. The highest BCUT2D eigenvalue weighted by atomic mass is 32.2. The summed E-state index contributed by atoms with van der Waals surface area (Å²) in [6.07, 6.45) is 1.20. The molecule has 0 aliphatic carbocycles. The Balaban J connectivity index is 3.15. The van der Waals surface area contributed by atoms with Crippen molar-refractivity contribution in [1.29, 1.82) is 0 Å². The average molecular weight is 148 g/mol. The molecule has 0 spiro atoms. The van der Waals surface area contributed by atoms with E-state index in [0.717, 1.165) is 5.92 Å². The van der Waals surface area contributed by atoms with E-state index < -0.39 is 0 Å². The van der Waals surface area contributed by atoms with Crippen LogP contribution in [0.4, 0.5) is 0 Å². The zero-order valence-electron chi connectivity index (χ0n) is 6.42. The Morgan fingerprint density at radius 1 is 1.33 bits per heavy atom. The number of aliphatic hydroxyl groups is 1. The quantitative estimate of drug-likeness (QED) is 0.616. The summed E-state index contributed by atoms with van der Waals surface area (Å²) in [6.45, 7) is 6.56. The fourth-order valence-corrected chi connectivity index (χ4v) is 1.63. The van der Waals surface area contributed by atoms with Crippen LogP contribution in [0.1, 0.15) is 27.2 Å². The monoisotopic (exact) mass is 148 g/mol. The number of hydrogen-bond donors (Lipinski definition) is 1. The van der Waals surface area contributed by atoms with E-state index >= 15 is 0 Å². The van der Waals surface area contributed by atoms with Crippen molar-refractivity contribution in [2.45, 2.75) is 32.4 Å². The van der Waals surface area contributed by atoms with Crippen molar-refractivity contribution in [3.05, 3.63) is 0 Å². The Hall–Kier alpha value is 0.310. The molecule has 0 fully saturated rings. The number of aliphatic hydroxyl groups excluding tert-OH is 1. The van der Waals surface area contributed by atoms with E-state index in [1.807, 2.05) is 0 Å². The van der Waals surface area contributed by atoms with Crippen LogP contribution in [0.3, 0.4) is 0 Å². The van der Waals surface area contributed by atoms with Crippen LogP contribution >= 0.6 is 11.8 Å². The highest BCUT2D eigenvalue weighted by Crippen LogP contribution is 2.16. The van der Waals surface area contributed by atoms with Crippen molar-refractivity contribution in [3.63, 3.8) is 0 Å². The van der Waals surface area contributed by atoms with Crippen LogP contribution in [-0.2, 0) is 0 Å². The van der Waals surface area contributed by atoms with Gasteiger partial charge in [-0.1, -0.05) is 20.8 Å². The van der Waals surface area contributed by atoms with Crippen LogP contribution < -0.4 is 0 Å². The summed E-state index contributed by atoms with van der Waals surface area (Å²) in [7, 11) is 0. The molecule has 0 aromatic rings. The van der Waals surface area contributed by atoms with Crippen LogP contribution in [-0.4, -0.2) is 16.3 Å². The van der Waals surface area contributed by atoms with Gasteiger partial charge in [0, 0.05) is 5.25 Å². The lowest BCUT2D eigenvalue weighted by molar-refractivity contribution is 0.374. The van der Waals surface area contributed by atoms with Gasteiger partial charge in [-0.25, -0.2) is 0 Å². The van der Waals surface area contributed by atoms with Gasteiger partial charge in [0.1, 0.15) is 0 Å². The van der Waals surface area contributed by atoms with Gasteiger partial charge >= 0.3 is 0 Å². The van der Waals surface area contributed by atoms with E-state index in [2.05, 4.69) is 20.8 Å². The van der Waals surface area contributed by atoms with E-state index in [-0.39, 0.29) is 5.94 Å². The van der Waals surface area contributed by atoms with E-state index in [4.69, 9.17) is 5.11 Å². The zero-order chi connectivity index (χ0) is 7.28. The maximum absolute atomic E-state index is 8.51. The maximum Gasteiger partial charge on any atom is 0.0888 e. The summed E-state index contributed by atoms with van der Waals surface area (Å²) in [6, 6.07) is 0. The smallest absolute Gasteiger partial charge is 0.0888 e. The summed E-state index contributed by atoms with van der Waals surface area (Å²) in [5.74, 6) is 1.01. The molecule has 0 saturated carbocycles. The molecule has 1 nitrogen and oxygen atoms in total. The van der Waals surface area contributed by atoms with Gasteiger partial charge in [-0.15, -0.1) is 11.8 Å². The van der Waals surface area contributed by atoms with Gasteiger partial charge in [-0.2, -0.15) is 0 Å². The van der Waals surface area contributed by atoms with Gasteiger partial charge in [0.25, 0.3) is 0 Å². The Labute approximate surface area is 61.8 Å². The minimum atomic E-state index is 0.258. The van der Waals surface area contributed by atoms with Crippen LogP contribution in [0.5, 0.6) is 0 Å². The van der Waals surface area contributed by atoms with E-state index in [1.54, 1.807) is 11.8 Å². The molecule has 0 bridgehead atoms. The molecule has 0 rings (SSSR count). The molecule has 56 valence electrons. The molecule has 1 unspecified atom stereocenters. The van der Waals surface area contributed by atoms with E-state index in [9.17, 15) is 0 Å². The van der Waals surface area contributed by atoms with Crippen molar-refractivity contribution in [2.75, 3.05) is 5.94 Å². The number of hydrogen-bond acceptors (Lipinski definition) is 2. The maximum atomic E-state index is 8.51. The van der Waals surface area contributed by atoms with Crippen LogP contribution in [0, 0.1) is 5.92 Å². The molecule has 1 atom stereocenters. The first kappa shape index (κ1) is 9.31. The molecule has 0 aliphatic heterocycles. The van der Waals surface area contributed by atoms with Crippen molar-refractivity contribution < 1.29 is 5.11 Å². The summed E-state index contributed by atoms with van der Waals surface area (Å²) < 4.78 is 0. The van der Waals surface area contributed by atoms with E-state index in [1.165, 1.54) is 6.42 Å². The Morgan fingerprint density at radius 3 is 2.22 bits per heavy atom. The van der Waals surface area contributed by atoms with Crippen molar-refractivity contribution in [1.82, 2.24) is 0 Å². The third-order valence-electron chi connectivity index (χ3n) is 1.16. The molecule has 2 heteroatoms. The van der Waals surface area contributed by atoms with Gasteiger partial charge in [-0.3, -0.25) is 0 Å². The van der Waals surface area contributed by atoms with Gasteiger partial charge in [0.05, 0.1) is 5.94 Å². The highest BCUT2D eigenvalue weighted by Gasteiger charge is 2.03. The molecule has 0 saturated heterocycles. The second-order valence-corrected chi connectivity index (χ2v) is 4.13. The Kier molecular flexibility index (Phi) is 5.30. The minimum Gasteiger partial charge on any atom is -0.386 e. The lowest BCUT2D eigenvalue weighted by atomic mass is 10.1. The van der Waals surface area contributed by atoms with Gasteiger partial charge in [0.2, 0.25) is 0 Å². The lowest BCUT2D eigenvalue weighted by Crippen LogP contribution is -2.01. The molecule has 0 radical (unpaired) electrons. The molecule has 9 heavy (non-hydrogen) atoms. The predicted molar refractivity (Wildman–Crippen MR) is 43.6 cm³/mol. The second-order valence-electron chi connectivity index (χ2n) is 2.74. The summed E-state index contributed by atoms with van der Waals surface area (Å²) in [4.78, 5) is 0. The summed E-state index contributed by atoms with van der Waals surface area (Å²) >= 11 is 1.62. The van der Waals surface area contributed by atoms with Crippen LogP contribution in [0.2, 0.25) is 0 Å². The van der Waals surface area contributed by atoms with Gasteiger partial charge < -0.3 is 5.11 Å². The van der Waals surface area contributed by atoms with Crippen molar-refractivity contribution in [3.8, 4) is 0 Å². The highest BCUT2D eigenvalue weighted by molar-refractivity contribution is 7.99. The lowest BCUT2D eigenvalue weighted by Gasteiger charge is -2.10.